The number of benzene rings is 2. The number of fused-ring (bicyclic) bond motifs is 1. The van der Waals surface area contributed by atoms with Crippen LogP contribution in [0.4, 0.5) is 4.39 Å². The molecule has 2 aromatic carbocycles. The molecule has 1 fully saturated rings. The Morgan fingerprint density at radius 1 is 1.17 bits per heavy atom. The van der Waals surface area contributed by atoms with Gasteiger partial charge in [0.15, 0.2) is 11.4 Å². The molecule has 0 saturated carbocycles. The van der Waals surface area contributed by atoms with Gasteiger partial charge in [-0.2, -0.15) is 4.98 Å². The number of carbonyl (C=O) groups is 1. The van der Waals surface area contributed by atoms with Crippen LogP contribution in [0, 0.1) is 11.7 Å². The number of amides is 1. The highest BCUT2D eigenvalue weighted by Gasteiger charge is 2.23. The van der Waals surface area contributed by atoms with E-state index in [4.69, 9.17) is 20.5 Å². The highest BCUT2D eigenvalue weighted by Crippen LogP contribution is 2.20. The summed E-state index contributed by atoms with van der Waals surface area (Å²) in [6.45, 7) is 2.70. The van der Waals surface area contributed by atoms with E-state index in [0.717, 1.165) is 25.9 Å². The molecule has 0 atom stereocenters. The number of rotatable bonds is 7. The fourth-order valence-electron chi connectivity index (χ4n) is 4.27. The van der Waals surface area contributed by atoms with Crippen LogP contribution in [-0.2, 0) is 13.1 Å². The van der Waals surface area contributed by atoms with Crippen LogP contribution in [-0.4, -0.2) is 45.1 Å². The molecule has 1 amide bonds. The third kappa shape index (κ3) is 5.28. The molecule has 5 rings (SSSR count). The lowest BCUT2D eigenvalue weighted by atomic mass is 9.96. The average Bonchev–Trinajstić information content (AvgIpc) is 3.45. The number of halogens is 2. The highest BCUT2D eigenvalue weighted by atomic mass is 35.5. The summed E-state index contributed by atoms with van der Waals surface area (Å²) < 4.78 is 25.5. The second-order valence-corrected chi connectivity index (χ2v) is 9.04. The molecule has 4 aromatic rings. The van der Waals surface area contributed by atoms with Crippen molar-refractivity contribution in [3.8, 4) is 0 Å². The maximum absolute atomic E-state index is 13.9. The van der Waals surface area contributed by atoms with Crippen molar-refractivity contribution < 1.29 is 18.1 Å². The van der Waals surface area contributed by atoms with E-state index in [1.165, 1.54) is 10.6 Å². The zero-order valence-corrected chi connectivity index (χ0v) is 19.5. The van der Waals surface area contributed by atoms with E-state index in [9.17, 15) is 14.0 Å². The molecule has 9 nitrogen and oxygen atoms in total. The van der Waals surface area contributed by atoms with Gasteiger partial charge in [0, 0.05) is 23.7 Å². The minimum absolute atomic E-state index is 0.0244. The Morgan fingerprint density at radius 3 is 2.77 bits per heavy atom. The zero-order chi connectivity index (χ0) is 24.4. The van der Waals surface area contributed by atoms with Crippen LogP contribution >= 0.6 is 11.6 Å². The first-order valence-electron chi connectivity index (χ1n) is 11.3. The first-order valence-corrected chi connectivity index (χ1v) is 11.7. The van der Waals surface area contributed by atoms with Gasteiger partial charge in [-0.1, -0.05) is 35.0 Å². The topological polar surface area (TPSA) is 106 Å². The number of nitrogens with zero attached hydrogens (tertiary/aromatic N) is 4. The molecule has 1 aliphatic rings. The Labute approximate surface area is 204 Å². The van der Waals surface area contributed by atoms with Crippen LogP contribution < -0.4 is 11.1 Å². The van der Waals surface area contributed by atoms with Crippen molar-refractivity contribution >= 4 is 28.6 Å². The molecule has 11 heteroatoms. The number of aromatic nitrogens is 3. The van der Waals surface area contributed by atoms with E-state index >= 15 is 0 Å². The normalized spacial score (nSPS) is 15.0. The summed E-state index contributed by atoms with van der Waals surface area (Å²) in [6, 6.07) is 11.7. The van der Waals surface area contributed by atoms with E-state index in [0.29, 0.717) is 40.7 Å². The summed E-state index contributed by atoms with van der Waals surface area (Å²) in [5, 5.41) is 7.12. The monoisotopic (exact) mass is 499 g/mol. The van der Waals surface area contributed by atoms with Crippen molar-refractivity contribution in [1.29, 1.82) is 0 Å². The molecule has 35 heavy (non-hydrogen) atoms. The van der Waals surface area contributed by atoms with Crippen LogP contribution in [0.1, 0.15) is 34.9 Å². The minimum Gasteiger partial charge on any atom is -0.408 e. The quantitative estimate of drug-likeness (QED) is 0.415. The van der Waals surface area contributed by atoms with E-state index in [1.807, 2.05) is 6.07 Å². The Balaban J connectivity index is 1.13. The van der Waals surface area contributed by atoms with Crippen molar-refractivity contribution in [2.24, 2.45) is 5.92 Å². The third-order valence-electron chi connectivity index (χ3n) is 6.20. The summed E-state index contributed by atoms with van der Waals surface area (Å²) >= 11 is 6.02. The smallest absolute Gasteiger partial charge is 0.408 e. The molecule has 0 bridgehead atoms. The lowest BCUT2D eigenvalue weighted by molar-refractivity contribution is 0.0891. The third-order valence-corrected chi connectivity index (χ3v) is 6.44. The molecular formula is C24H23ClFN5O4. The van der Waals surface area contributed by atoms with Gasteiger partial charge in [0.1, 0.15) is 5.82 Å². The molecule has 1 aliphatic heterocycles. The minimum atomic E-state index is -0.584. The Bertz CT molecular complexity index is 1410. The number of likely N-dealkylation sites (tertiary alicyclic amines) is 1. The lowest BCUT2D eigenvalue weighted by Crippen LogP contribution is -2.38. The summed E-state index contributed by atoms with van der Waals surface area (Å²) in [7, 11) is 0. The predicted molar refractivity (Wildman–Crippen MR) is 126 cm³/mol. The molecule has 2 aromatic heterocycles. The highest BCUT2D eigenvalue weighted by molar-refractivity contribution is 6.31. The maximum Gasteiger partial charge on any atom is 0.420 e. The molecule has 0 radical (unpaired) electrons. The molecule has 1 N–H and O–H groups in total. The number of hydrogen-bond donors (Lipinski definition) is 1. The Hall–Kier alpha value is -3.50. The maximum atomic E-state index is 13.9. The fraction of sp³-hybridized carbons (Fsp3) is 0.333. The second kappa shape index (κ2) is 10.0. The van der Waals surface area contributed by atoms with Gasteiger partial charge in [-0.05, 0) is 56.1 Å². The molecule has 182 valence electrons. The first kappa shape index (κ1) is 23.3. The van der Waals surface area contributed by atoms with Gasteiger partial charge < -0.3 is 14.3 Å². The van der Waals surface area contributed by atoms with E-state index in [2.05, 4.69) is 20.4 Å². The Kier molecular flexibility index (Phi) is 6.65. The number of oxazole rings is 1. The average molecular weight is 500 g/mol. The molecular weight excluding hydrogens is 477 g/mol. The summed E-state index contributed by atoms with van der Waals surface area (Å²) in [6.07, 6.45) is 1.78. The summed E-state index contributed by atoms with van der Waals surface area (Å²) in [5.74, 6) is -0.934. The largest absolute Gasteiger partial charge is 0.420 e. The molecule has 0 unspecified atom stereocenters. The van der Waals surface area contributed by atoms with Crippen molar-refractivity contribution in [2.75, 3.05) is 19.6 Å². The molecule has 3 heterocycles. The van der Waals surface area contributed by atoms with Crippen molar-refractivity contribution in [1.82, 2.24) is 24.9 Å². The summed E-state index contributed by atoms with van der Waals surface area (Å²) in [5.41, 5.74) is 1.58. The van der Waals surface area contributed by atoms with Gasteiger partial charge in [0.2, 0.25) is 0 Å². The van der Waals surface area contributed by atoms with Gasteiger partial charge in [-0.3, -0.25) is 14.3 Å². The van der Waals surface area contributed by atoms with Gasteiger partial charge >= 0.3 is 17.6 Å². The second-order valence-electron chi connectivity index (χ2n) is 8.60. The number of carbonyl (C=O) groups excluding carboxylic acids is 1. The first-order chi connectivity index (χ1) is 17.0. The summed E-state index contributed by atoms with van der Waals surface area (Å²) in [4.78, 5) is 31.0. The van der Waals surface area contributed by atoms with Crippen molar-refractivity contribution in [3.05, 3.63) is 81.1 Å². The van der Waals surface area contributed by atoms with Gasteiger partial charge in [-0.15, -0.1) is 0 Å². The van der Waals surface area contributed by atoms with Crippen LogP contribution in [0.5, 0.6) is 0 Å². The van der Waals surface area contributed by atoms with Crippen LogP contribution in [0.3, 0.4) is 0 Å². The van der Waals surface area contributed by atoms with E-state index in [1.54, 1.807) is 30.3 Å². The van der Waals surface area contributed by atoms with Crippen LogP contribution in [0.25, 0.3) is 11.1 Å². The van der Waals surface area contributed by atoms with Crippen LogP contribution in [0.15, 0.2) is 56.2 Å². The van der Waals surface area contributed by atoms with Crippen molar-refractivity contribution in [2.45, 2.75) is 25.9 Å². The lowest BCUT2D eigenvalue weighted by Gasteiger charge is -2.32. The SMILES string of the molecule is O=C(NCC1CCN(Cc2ccccc2F)CC1)c1nc(Cn2c(=O)oc3ccc(Cl)cc32)no1. The van der Waals surface area contributed by atoms with Crippen LogP contribution in [0.2, 0.25) is 5.02 Å². The van der Waals surface area contributed by atoms with Crippen molar-refractivity contribution in [3.63, 3.8) is 0 Å². The predicted octanol–water partition coefficient (Wildman–Crippen LogP) is 3.46. The molecule has 0 aliphatic carbocycles. The number of piperidine rings is 1. The van der Waals surface area contributed by atoms with Gasteiger partial charge in [0.05, 0.1) is 12.1 Å². The van der Waals surface area contributed by atoms with E-state index < -0.39 is 11.7 Å². The van der Waals surface area contributed by atoms with E-state index in [-0.39, 0.29) is 24.1 Å². The van der Waals surface area contributed by atoms with Gasteiger partial charge in [-0.25, -0.2) is 9.18 Å². The Morgan fingerprint density at radius 2 is 1.97 bits per heavy atom. The molecule has 0 spiro atoms. The number of hydrogen-bond acceptors (Lipinski definition) is 7. The van der Waals surface area contributed by atoms with Gasteiger partial charge in [0.25, 0.3) is 0 Å². The molecule has 1 saturated heterocycles. The standard InChI is InChI=1S/C24H23ClFN5O4/c25-17-5-6-20-19(11-17)31(24(33)34-20)14-21-28-23(35-29-21)22(32)27-12-15-7-9-30(10-8-15)13-16-3-1-2-4-18(16)26/h1-6,11,15H,7-10,12-14H2,(H,27,32). The fourth-order valence-corrected chi connectivity index (χ4v) is 4.43. The number of nitrogens with one attached hydrogen (secondary N) is 1. The zero-order valence-electron chi connectivity index (χ0n) is 18.7.